The molecule has 90 valence electrons. The number of nitrogens with one attached hydrogen (secondary N) is 2. The van der Waals surface area contributed by atoms with Crippen molar-refractivity contribution in [2.24, 2.45) is 12.5 Å². The Kier molecular flexibility index (Phi) is 2.60. The van der Waals surface area contributed by atoms with Gasteiger partial charge in [0.15, 0.2) is 0 Å². The number of aromatic nitrogens is 2. The summed E-state index contributed by atoms with van der Waals surface area (Å²) in [5.74, 6) is 1.12. The van der Waals surface area contributed by atoms with Gasteiger partial charge in [-0.3, -0.25) is 4.68 Å². The van der Waals surface area contributed by atoms with Crippen LogP contribution in [0.15, 0.2) is 0 Å². The van der Waals surface area contributed by atoms with Crippen LogP contribution >= 0.6 is 0 Å². The molecular weight excluding hydrogens is 200 g/mol. The fourth-order valence-electron chi connectivity index (χ4n) is 2.26. The van der Waals surface area contributed by atoms with Crippen molar-refractivity contribution in [1.82, 2.24) is 9.78 Å². The van der Waals surface area contributed by atoms with E-state index in [1.54, 1.807) is 0 Å². The van der Waals surface area contributed by atoms with Crippen molar-refractivity contribution < 1.29 is 0 Å². The molecule has 1 aliphatic heterocycles. The highest BCUT2D eigenvalue weighted by Gasteiger charge is 2.28. The predicted molar refractivity (Wildman–Crippen MR) is 67.9 cm³/mol. The van der Waals surface area contributed by atoms with Crippen LogP contribution in [0.2, 0.25) is 0 Å². The molecule has 1 aromatic rings. The standard InChI is InChI=1S/C12H22N4/c1-8-10-11(16(5)15-8)14-9(6-7-13-10)12(2,3)4/h9,13-14H,6-7H2,1-5H3. The average Bonchev–Trinajstić information content (AvgIpc) is 2.40. The normalized spacial score (nSPS) is 20.7. The maximum atomic E-state index is 4.44. The van der Waals surface area contributed by atoms with Crippen LogP contribution in [-0.2, 0) is 7.05 Å². The third kappa shape index (κ3) is 1.88. The summed E-state index contributed by atoms with van der Waals surface area (Å²) in [6, 6.07) is 0.482. The Morgan fingerprint density at radius 2 is 2.06 bits per heavy atom. The van der Waals surface area contributed by atoms with Gasteiger partial charge in [0, 0.05) is 19.6 Å². The smallest absolute Gasteiger partial charge is 0.148 e. The van der Waals surface area contributed by atoms with E-state index in [-0.39, 0.29) is 5.41 Å². The monoisotopic (exact) mass is 222 g/mol. The Morgan fingerprint density at radius 1 is 1.38 bits per heavy atom. The number of aryl methyl sites for hydroxylation is 2. The lowest BCUT2D eigenvalue weighted by atomic mass is 9.85. The van der Waals surface area contributed by atoms with Gasteiger partial charge in [0.2, 0.25) is 0 Å². The minimum absolute atomic E-state index is 0.265. The first kappa shape index (κ1) is 11.3. The molecule has 2 N–H and O–H groups in total. The van der Waals surface area contributed by atoms with E-state index in [9.17, 15) is 0 Å². The zero-order chi connectivity index (χ0) is 11.9. The SMILES string of the molecule is Cc1nn(C)c2c1NCCC(C(C)(C)C)N2. The van der Waals surface area contributed by atoms with Crippen molar-refractivity contribution in [2.45, 2.75) is 40.2 Å². The van der Waals surface area contributed by atoms with E-state index in [1.165, 1.54) is 0 Å². The molecule has 2 heterocycles. The van der Waals surface area contributed by atoms with Gasteiger partial charge in [-0.05, 0) is 18.8 Å². The van der Waals surface area contributed by atoms with Crippen molar-refractivity contribution in [1.29, 1.82) is 0 Å². The number of rotatable bonds is 0. The van der Waals surface area contributed by atoms with Gasteiger partial charge in [-0.2, -0.15) is 5.10 Å². The molecule has 0 fully saturated rings. The summed E-state index contributed by atoms with van der Waals surface area (Å²) in [6.07, 6.45) is 1.14. The van der Waals surface area contributed by atoms with Gasteiger partial charge < -0.3 is 10.6 Å². The molecule has 0 amide bonds. The number of nitrogens with zero attached hydrogens (tertiary/aromatic N) is 2. The molecule has 0 spiro atoms. The Morgan fingerprint density at radius 3 is 2.69 bits per heavy atom. The number of fused-ring (bicyclic) bond motifs is 1. The van der Waals surface area contributed by atoms with Crippen LogP contribution in [0.5, 0.6) is 0 Å². The second-order valence-electron chi connectivity index (χ2n) is 5.71. The zero-order valence-electron chi connectivity index (χ0n) is 10.9. The first-order valence-electron chi connectivity index (χ1n) is 5.93. The molecule has 0 bridgehead atoms. The van der Waals surface area contributed by atoms with Gasteiger partial charge >= 0.3 is 0 Å². The Balaban J connectivity index is 2.34. The molecule has 2 rings (SSSR count). The van der Waals surface area contributed by atoms with E-state index in [4.69, 9.17) is 0 Å². The highest BCUT2D eigenvalue weighted by molar-refractivity contribution is 5.69. The molecule has 1 aromatic heterocycles. The summed E-state index contributed by atoms with van der Waals surface area (Å²) in [5.41, 5.74) is 2.50. The van der Waals surface area contributed by atoms with Crippen LogP contribution in [-0.4, -0.2) is 22.4 Å². The lowest BCUT2D eigenvalue weighted by Crippen LogP contribution is -2.34. The van der Waals surface area contributed by atoms with Gasteiger partial charge in [0.25, 0.3) is 0 Å². The van der Waals surface area contributed by atoms with Crippen molar-refractivity contribution in [2.75, 3.05) is 17.2 Å². The molecule has 0 saturated carbocycles. The molecule has 0 saturated heterocycles. The highest BCUT2D eigenvalue weighted by Crippen LogP contribution is 2.33. The molecular formula is C12H22N4. The molecule has 1 aliphatic rings. The molecule has 0 aliphatic carbocycles. The lowest BCUT2D eigenvalue weighted by Gasteiger charge is -2.30. The molecule has 0 aromatic carbocycles. The fourth-order valence-corrected chi connectivity index (χ4v) is 2.26. The van der Waals surface area contributed by atoms with Crippen LogP contribution in [0.25, 0.3) is 0 Å². The Labute approximate surface area is 97.4 Å². The minimum atomic E-state index is 0.265. The van der Waals surface area contributed by atoms with E-state index in [1.807, 2.05) is 18.7 Å². The molecule has 4 nitrogen and oxygen atoms in total. The molecule has 1 atom stereocenters. The third-order valence-electron chi connectivity index (χ3n) is 3.31. The van der Waals surface area contributed by atoms with Crippen LogP contribution in [0.3, 0.4) is 0 Å². The molecule has 4 heteroatoms. The zero-order valence-corrected chi connectivity index (χ0v) is 10.9. The van der Waals surface area contributed by atoms with Gasteiger partial charge in [-0.15, -0.1) is 0 Å². The Bertz CT molecular complexity index is 386. The van der Waals surface area contributed by atoms with Crippen molar-refractivity contribution in [3.63, 3.8) is 0 Å². The van der Waals surface area contributed by atoms with Crippen LogP contribution in [0, 0.1) is 12.3 Å². The molecule has 0 radical (unpaired) electrons. The maximum Gasteiger partial charge on any atom is 0.148 e. The van der Waals surface area contributed by atoms with Gasteiger partial charge in [-0.1, -0.05) is 20.8 Å². The summed E-state index contributed by atoms with van der Waals surface area (Å²) < 4.78 is 1.93. The Hall–Kier alpha value is -1.19. The average molecular weight is 222 g/mol. The van der Waals surface area contributed by atoms with Crippen LogP contribution < -0.4 is 10.6 Å². The van der Waals surface area contributed by atoms with E-state index < -0.39 is 0 Å². The first-order valence-corrected chi connectivity index (χ1v) is 5.93. The highest BCUT2D eigenvalue weighted by atomic mass is 15.3. The van der Waals surface area contributed by atoms with Crippen molar-refractivity contribution in [3.8, 4) is 0 Å². The van der Waals surface area contributed by atoms with Crippen LogP contribution in [0.4, 0.5) is 11.5 Å². The number of hydrogen-bond donors (Lipinski definition) is 2. The van der Waals surface area contributed by atoms with Gasteiger partial charge in [0.05, 0.1) is 5.69 Å². The first-order chi connectivity index (χ1) is 7.39. The summed E-state index contributed by atoms with van der Waals surface area (Å²) in [5, 5.41) is 11.5. The fraction of sp³-hybridized carbons (Fsp3) is 0.750. The number of hydrogen-bond acceptors (Lipinski definition) is 3. The number of anilines is 2. The second-order valence-corrected chi connectivity index (χ2v) is 5.71. The molecule has 16 heavy (non-hydrogen) atoms. The van der Waals surface area contributed by atoms with Crippen molar-refractivity contribution in [3.05, 3.63) is 5.69 Å². The largest absolute Gasteiger partial charge is 0.380 e. The van der Waals surface area contributed by atoms with Crippen LogP contribution in [0.1, 0.15) is 32.9 Å². The minimum Gasteiger partial charge on any atom is -0.380 e. The predicted octanol–water partition coefficient (Wildman–Crippen LogP) is 2.37. The third-order valence-corrected chi connectivity index (χ3v) is 3.31. The van der Waals surface area contributed by atoms with E-state index in [2.05, 4.69) is 36.5 Å². The quantitative estimate of drug-likeness (QED) is 0.708. The van der Waals surface area contributed by atoms with Gasteiger partial charge in [0.1, 0.15) is 11.5 Å². The summed E-state index contributed by atoms with van der Waals surface area (Å²) in [4.78, 5) is 0. The molecule has 1 unspecified atom stereocenters. The van der Waals surface area contributed by atoms with Gasteiger partial charge in [-0.25, -0.2) is 0 Å². The summed E-state index contributed by atoms with van der Waals surface area (Å²) >= 11 is 0. The summed E-state index contributed by atoms with van der Waals surface area (Å²) in [7, 11) is 1.99. The second kappa shape index (κ2) is 3.68. The van der Waals surface area contributed by atoms with E-state index >= 15 is 0 Å². The maximum absolute atomic E-state index is 4.44. The van der Waals surface area contributed by atoms with E-state index in [0.29, 0.717) is 6.04 Å². The topological polar surface area (TPSA) is 41.9 Å². The lowest BCUT2D eigenvalue weighted by molar-refractivity contribution is 0.331. The van der Waals surface area contributed by atoms with Crippen molar-refractivity contribution >= 4 is 11.5 Å². The summed E-state index contributed by atoms with van der Waals surface area (Å²) in [6.45, 7) is 9.88. The van der Waals surface area contributed by atoms with E-state index in [0.717, 1.165) is 30.2 Å².